The van der Waals surface area contributed by atoms with Crippen molar-refractivity contribution in [3.8, 4) is 11.3 Å². The largest absolute Gasteiger partial charge is 0.364 e. The molecular formula is C13H12BrFN4O2. The van der Waals surface area contributed by atoms with Gasteiger partial charge >= 0.3 is 5.69 Å². The number of nitrogens with zero attached hydrogens (tertiary/aromatic N) is 3. The van der Waals surface area contributed by atoms with E-state index in [-0.39, 0.29) is 27.2 Å². The summed E-state index contributed by atoms with van der Waals surface area (Å²) in [6, 6.07) is 4.55. The van der Waals surface area contributed by atoms with Crippen LogP contribution < -0.4 is 5.32 Å². The zero-order valence-electron chi connectivity index (χ0n) is 11.1. The molecule has 21 heavy (non-hydrogen) atoms. The molecule has 0 unspecified atom stereocenters. The molecule has 0 aliphatic carbocycles. The molecule has 110 valence electrons. The third-order valence-corrected chi connectivity index (χ3v) is 3.37. The lowest BCUT2D eigenvalue weighted by atomic mass is 10.1. The zero-order chi connectivity index (χ0) is 15.4. The molecule has 0 amide bonds. The Morgan fingerprint density at radius 1 is 1.43 bits per heavy atom. The maximum Gasteiger partial charge on any atom is 0.337 e. The molecule has 6 nitrogen and oxygen atoms in total. The summed E-state index contributed by atoms with van der Waals surface area (Å²) in [7, 11) is 0. The summed E-state index contributed by atoms with van der Waals surface area (Å²) in [6.07, 6.45) is 1.96. The fourth-order valence-corrected chi connectivity index (χ4v) is 2.17. The summed E-state index contributed by atoms with van der Waals surface area (Å²) in [4.78, 5) is 18.5. The molecule has 0 saturated heterocycles. The van der Waals surface area contributed by atoms with Crippen LogP contribution in [-0.4, -0.2) is 21.4 Å². The fourth-order valence-electron chi connectivity index (χ4n) is 1.81. The van der Waals surface area contributed by atoms with E-state index in [0.717, 1.165) is 6.42 Å². The van der Waals surface area contributed by atoms with Crippen LogP contribution in [-0.2, 0) is 0 Å². The van der Waals surface area contributed by atoms with Gasteiger partial charge in [0.2, 0.25) is 5.82 Å². The molecule has 0 bridgehead atoms. The molecule has 0 radical (unpaired) electrons. The van der Waals surface area contributed by atoms with E-state index in [1.165, 1.54) is 18.5 Å². The lowest BCUT2D eigenvalue weighted by Gasteiger charge is -2.09. The van der Waals surface area contributed by atoms with Crippen LogP contribution in [0.1, 0.15) is 13.3 Å². The third kappa shape index (κ3) is 3.15. The summed E-state index contributed by atoms with van der Waals surface area (Å²) in [6.45, 7) is 2.45. The maximum atomic E-state index is 14.2. The van der Waals surface area contributed by atoms with Crippen LogP contribution >= 0.6 is 15.9 Å². The highest BCUT2D eigenvalue weighted by atomic mass is 79.9. The van der Waals surface area contributed by atoms with Crippen molar-refractivity contribution in [3.63, 3.8) is 0 Å². The second-order valence-corrected chi connectivity index (χ2v) is 5.06. The standard InChI is InChI=1S/C13H12BrFN4O2/c1-2-6-16-13-12(19(20)21)11(17-7-18-13)8-4-3-5-9(14)10(8)15/h3-5,7H,2,6H2,1H3,(H,16,17,18). The van der Waals surface area contributed by atoms with Crippen LogP contribution in [0.2, 0.25) is 0 Å². The average Bonchev–Trinajstić information content (AvgIpc) is 2.47. The van der Waals surface area contributed by atoms with Crippen molar-refractivity contribution in [1.82, 2.24) is 9.97 Å². The van der Waals surface area contributed by atoms with Crippen LogP contribution in [0, 0.1) is 15.9 Å². The molecule has 0 atom stereocenters. The zero-order valence-corrected chi connectivity index (χ0v) is 12.7. The van der Waals surface area contributed by atoms with Gasteiger partial charge in [-0.1, -0.05) is 13.0 Å². The Balaban J connectivity index is 2.63. The highest BCUT2D eigenvalue weighted by Crippen LogP contribution is 2.35. The summed E-state index contributed by atoms with van der Waals surface area (Å²) >= 11 is 3.06. The van der Waals surface area contributed by atoms with Gasteiger partial charge in [0.25, 0.3) is 0 Å². The Hall–Kier alpha value is -2.09. The normalized spacial score (nSPS) is 10.4. The monoisotopic (exact) mass is 354 g/mol. The van der Waals surface area contributed by atoms with Crippen molar-refractivity contribution < 1.29 is 9.31 Å². The van der Waals surface area contributed by atoms with E-state index >= 15 is 0 Å². The van der Waals surface area contributed by atoms with Gasteiger partial charge in [0.05, 0.1) is 9.40 Å². The Labute approximate surface area is 128 Å². The predicted octanol–water partition coefficient (Wildman–Crippen LogP) is 3.78. The topological polar surface area (TPSA) is 81.0 Å². The molecule has 1 aromatic heterocycles. The number of aromatic nitrogens is 2. The van der Waals surface area contributed by atoms with Gasteiger partial charge in [-0.15, -0.1) is 0 Å². The first-order chi connectivity index (χ1) is 10.1. The SMILES string of the molecule is CCCNc1ncnc(-c2cccc(Br)c2F)c1[N+](=O)[O-]. The lowest BCUT2D eigenvalue weighted by Crippen LogP contribution is -2.08. The van der Waals surface area contributed by atoms with E-state index in [2.05, 4.69) is 31.2 Å². The smallest absolute Gasteiger partial charge is 0.337 e. The molecule has 1 heterocycles. The average molecular weight is 355 g/mol. The minimum atomic E-state index is -0.604. The molecule has 0 aliphatic heterocycles. The molecule has 0 spiro atoms. The van der Waals surface area contributed by atoms with Crippen molar-refractivity contribution in [2.24, 2.45) is 0 Å². The van der Waals surface area contributed by atoms with E-state index in [4.69, 9.17) is 0 Å². The minimum Gasteiger partial charge on any atom is -0.364 e. The first kappa shape index (κ1) is 15.3. The Bertz CT molecular complexity index is 681. The minimum absolute atomic E-state index is 0.0487. The molecular weight excluding hydrogens is 343 g/mol. The third-order valence-electron chi connectivity index (χ3n) is 2.75. The van der Waals surface area contributed by atoms with E-state index in [9.17, 15) is 14.5 Å². The maximum absolute atomic E-state index is 14.2. The molecule has 0 fully saturated rings. The van der Waals surface area contributed by atoms with E-state index in [1.54, 1.807) is 6.07 Å². The Morgan fingerprint density at radius 2 is 2.19 bits per heavy atom. The van der Waals surface area contributed by atoms with Gasteiger partial charge in [0, 0.05) is 12.1 Å². The first-order valence-corrected chi connectivity index (χ1v) is 7.03. The number of hydrogen-bond acceptors (Lipinski definition) is 5. The van der Waals surface area contributed by atoms with Crippen LogP contribution in [0.3, 0.4) is 0 Å². The van der Waals surface area contributed by atoms with Gasteiger partial charge in [-0.05, 0) is 34.5 Å². The van der Waals surface area contributed by atoms with Crippen LogP contribution in [0.25, 0.3) is 11.3 Å². The second-order valence-electron chi connectivity index (χ2n) is 4.20. The van der Waals surface area contributed by atoms with E-state index in [1.807, 2.05) is 6.92 Å². The fraction of sp³-hybridized carbons (Fsp3) is 0.231. The molecule has 2 aromatic rings. The molecule has 1 aromatic carbocycles. The lowest BCUT2D eigenvalue weighted by molar-refractivity contribution is -0.383. The number of benzene rings is 1. The molecule has 1 N–H and O–H groups in total. The van der Waals surface area contributed by atoms with Gasteiger partial charge in [0.15, 0.2) is 5.69 Å². The molecule has 8 heteroatoms. The van der Waals surface area contributed by atoms with Crippen LogP contribution in [0.15, 0.2) is 29.0 Å². The first-order valence-electron chi connectivity index (χ1n) is 6.24. The van der Waals surface area contributed by atoms with Gasteiger partial charge in [-0.25, -0.2) is 14.4 Å². The summed E-state index contributed by atoms with van der Waals surface area (Å²) < 4.78 is 14.4. The van der Waals surface area contributed by atoms with Crippen molar-refractivity contribution >= 4 is 27.4 Å². The van der Waals surface area contributed by atoms with Crippen LogP contribution in [0.5, 0.6) is 0 Å². The van der Waals surface area contributed by atoms with Gasteiger partial charge in [0.1, 0.15) is 12.1 Å². The van der Waals surface area contributed by atoms with Crippen molar-refractivity contribution in [2.75, 3.05) is 11.9 Å². The molecule has 2 rings (SSSR count). The van der Waals surface area contributed by atoms with Crippen molar-refractivity contribution in [1.29, 1.82) is 0 Å². The summed E-state index contributed by atoms with van der Waals surface area (Å²) in [5.74, 6) is -0.507. The number of nitro groups is 1. The summed E-state index contributed by atoms with van der Waals surface area (Å²) in [5, 5.41) is 14.2. The van der Waals surface area contributed by atoms with Gasteiger partial charge in [-0.2, -0.15) is 0 Å². The highest BCUT2D eigenvalue weighted by Gasteiger charge is 2.26. The van der Waals surface area contributed by atoms with Gasteiger partial charge in [-0.3, -0.25) is 10.1 Å². The Kier molecular flexibility index (Phi) is 4.79. The number of anilines is 1. The number of nitrogens with one attached hydrogen (secondary N) is 1. The Morgan fingerprint density at radius 3 is 2.86 bits per heavy atom. The van der Waals surface area contributed by atoms with Crippen LogP contribution in [0.4, 0.5) is 15.9 Å². The molecule has 0 saturated carbocycles. The van der Waals surface area contributed by atoms with Crippen molar-refractivity contribution in [3.05, 3.63) is 44.9 Å². The van der Waals surface area contributed by atoms with E-state index < -0.39 is 10.7 Å². The second kappa shape index (κ2) is 6.57. The van der Waals surface area contributed by atoms with E-state index in [0.29, 0.717) is 6.54 Å². The summed E-state index contributed by atoms with van der Waals surface area (Å²) in [5.41, 5.74) is -0.326. The predicted molar refractivity (Wildman–Crippen MR) is 80.6 cm³/mol. The number of rotatable bonds is 5. The number of hydrogen-bond donors (Lipinski definition) is 1. The molecule has 0 aliphatic rings. The van der Waals surface area contributed by atoms with Gasteiger partial charge < -0.3 is 5.32 Å². The number of halogens is 2. The highest BCUT2D eigenvalue weighted by molar-refractivity contribution is 9.10. The quantitative estimate of drug-likeness (QED) is 0.652. The van der Waals surface area contributed by atoms with Crippen molar-refractivity contribution in [2.45, 2.75) is 13.3 Å².